The summed E-state index contributed by atoms with van der Waals surface area (Å²) in [7, 11) is 0. The number of ketones is 2. The molecule has 180 valence electrons. The van der Waals surface area contributed by atoms with Gasteiger partial charge in [0.05, 0.1) is 29.2 Å². The first kappa shape index (κ1) is 22.4. The molecule has 2 heterocycles. The summed E-state index contributed by atoms with van der Waals surface area (Å²) in [5, 5.41) is 0. The lowest BCUT2D eigenvalue weighted by molar-refractivity contribution is -0.137. The maximum absolute atomic E-state index is 13.8. The van der Waals surface area contributed by atoms with E-state index >= 15 is 0 Å². The van der Waals surface area contributed by atoms with E-state index in [0.29, 0.717) is 16.5 Å². The van der Waals surface area contributed by atoms with Crippen LogP contribution in [0, 0.1) is 11.8 Å². The average Bonchev–Trinajstić information content (AvgIpc) is 3.44. The number of fused-ring (bicyclic) bond motifs is 3. The Bertz CT molecular complexity index is 1430. The number of alkyl halides is 3. The van der Waals surface area contributed by atoms with Crippen molar-refractivity contribution >= 4 is 29.1 Å². The van der Waals surface area contributed by atoms with Crippen LogP contribution in [-0.4, -0.2) is 29.0 Å². The second kappa shape index (κ2) is 7.44. The smallest absolute Gasteiger partial charge is 0.349 e. The van der Waals surface area contributed by atoms with E-state index in [-0.39, 0.29) is 16.8 Å². The monoisotopic (exact) mass is 491 g/mol. The Morgan fingerprint density at radius 2 is 1.36 bits per heavy atom. The summed E-state index contributed by atoms with van der Waals surface area (Å²) in [6.07, 6.45) is -5.83. The molecule has 1 spiro atoms. The number of carbonyl (C=O) groups excluding carboxylic acids is 4. The number of nitrogens with zero attached hydrogens (tertiary/aromatic N) is 1. The van der Waals surface area contributed by atoms with Crippen molar-refractivity contribution in [3.8, 4) is 0 Å². The SMILES string of the molecule is O=C1[C@H]2[C@@H](c3ccccc3)OC3(C(=O)c4ccccc4C3=O)[C@H]2C(=O)N1c1cccc(C(F)(F)F)c1. The van der Waals surface area contributed by atoms with E-state index in [2.05, 4.69) is 0 Å². The van der Waals surface area contributed by atoms with Gasteiger partial charge in [-0.1, -0.05) is 60.7 Å². The highest BCUT2D eigenvalue weighted by Gasteiger charge is 2.74. The molecule has 6 nitrogen and oxygen atoms in total. The molecule has 2 amide bonds. The Balaban J connectivity index is 1.53. The number of hydrogen-bond donors (Lipinski definition) is 0. The summed E-state index contributed by atoms with van der Waals surface area (Å²) in [5.74, 6) is -6.05. The van der Waals surface area contributed by atoms with Crippen LogP contribution in [0.4, 0.5) is 18.9 Å². The zero-order valence-corrected chi connectivity index (χ0v) is 18.4. The number of anilines is 1. The van der Waals surface area contributed by atoms with Gasteiger partial charge >= 0.3 is 6.18 Å². The van der Waals surface area contributed by atoms with Crippen molar-refractivity contribution < 1.29 is 37.1 Å². The van der Waals surface area contributed by atoms with Crippen LogP contribution in [0.2, 0.25) is 0 Å². The summed E-state index contributed by atoms with van der Waals surface area (Å²) in [5.41, 5.74) is -2.98. The number of carbonyl (C=O) groups is 4. The lowest BCUT2D eigenvalue weighted by Gasteiger charge is -2.27. The molecule has 3 aliphatic rings. The first-order valence-corrected chi connectivity index (χ1v) is 11.1. The van der Waals surface area contributed by atoms with Crippen molar-refractivity contribution in [2.24, 2.45) is 11.8 Å². The Hall–Kier alpha value is -4.11. The first-order chi connectivity index (χ1) is 17.2. The number of halogens is 3. The fourth-order valence-electron chi connectivity index (χ4n) is 5.54. The molecule has 2 fully saturated rings. The van der Waals surface area contributed by atoms with Crippen molar-refractivity contribution in [3.05, 3.63) is 101 Å². The van der Waals surface area contributed by atoms with Gasteiger partial charge in [0, 0.05) is 11.1 Å². The summed E-state index contributed by atoms with van der Waals surface area (Å²) in [6.45, 7) is 0. The molecule has 0 saturated carbocycles. The van der Waals surface area contributed by atoms with E-state index in [4.69, 9.17) is 4.74 Å². The molecular weight excluding hydrogens is 475 g/mol. The van der Waals surface area contributed by atoms with Crippen molar-refractivity contribution in [2.45, 2.75) is 17.9 Å². The van der Waals surface area contributed by atoms with Gasteiger partial charge in [-0.15, -0.1) is 0 Å². The number of hydrogen-bond acceptors (Lipinski definition) is 5. The van der Waals surface area contributed by atoms with E-state index in [1.54, 1.807) is 42.5 Å². The van der Waals surface area contributed by atoms with E-state index in [1.807, 2.05) is 0 Å². The molecule has 0 N–H and O–H groups in total. The molecule has 3 aromatic rings. The van der Waals surface area contributed by atoms with Gasteiger partial charge in [-0.3, -0.25) is 19.2 Å². The molecule has 0 radical (unpaired) electrons. The minimum Gasteiger partial charge on any atom is -0.349 e. The number of rotatable bonds is 2. The number of Topliss-reactive ketones (excluding diaryl/α,β-unsaturated/α-hetero) is 2. The van der Waals surface area contributed by atoms with Crippen LogP contribution >= 0.6 is 0 Å². The highest BCUT2D eigenvalue weighted by atomic mass is 19.4. The Morgan fingerprint density at radius 3 is 1.97 bits per heavy atom. The zero-order chi connectivity index (χ0) is 25.4. The minimum atomic E-state index is -4.70. The van der Waals surface area contributed by atoms with Gasteiger partial charge in [0.2, 0.25) is 29.0 Å². The van der Waals surface area contributed by atoms with Gasteiger partial charge in [-0.05, 0) is 23.8 Å². The zero-order valence-electron chi connectivity index (χ0n) is 18.4. The topological polar surface area (TPSA) is 80.8 Å². The number of ether oxygens (including phenoxy) is 1. The number of amides is 2. The van der Waals surface area contributed by atoms with Gasteiger partial charge in [0.1, 0.15) is 0 Å². The third kappa shape index (κ3) is 2.83. The molecule has 3 atom stereocenters. The Morgan fingerprint density at radius 1 is 0.750 bits per heavy atom. The molecule has 1 aliphatic carbocycles. The standard InChI is InChI=1S/C27H16F3NO5/c28-27(29,30)15-9-6-10-16(13-15)31-24(34)19-20(25(31)35)26(36-21(19)14-7-2-1-3-8-14)22(32)17-11-4-5-12-18(17)23(26)33/h1-13,19-21H/t19-,20-,21-/m1/s1. The predicted molar refractivity (Wildman–Crippen MR) is 119 cm³/mol. The normalized spacial score (nSPS) is 24.5. The lowest BCUT2D eigenvalue weighted by atomic mass is 9.77. The molecule has 36 heavy (non-hydrogen) atoms. The van der Waals surface area contributed by atoms with Gasteiger partial charge in [0.25, 0.3) is 0 Å². The van der Waals surface area contributed by atoms with Gasteiger partial charge in [-0.25, -0.2) is 4.90 Å². The minimum absolute atomic E-state index is 0.0766. The quantitative estimate of drug-likeness (QED) is 0.392. The number of imide groups is 1. The van der Waals surface area contributed by atoms with E-state index in [1.165, 1.54) is 18.2 Å². The maximum atomic E-state index is 13.8. The van der Waals surface area contributed by atoms with Crippen molar-refractivity contribution in [2.75, 3.05) is 4.90 Å². The highest BCUT2D eigenvalue weighted by Crippen LogP contribution is 2.57. The molecule has 9 heteroatoms. The average molecular weight is 491 g/mol. The summed E-state index contributed by atoms with van der Waals surface area (Å²) < 4.78 is 46.2. The first-order valence-electron chi connectivity index (χ1n) is 11.1. The maximum Gasteiger partial charge on any atom is 0.416 e. The number of benzene rings is 3. The van der Waals surface area contributed by atoms with Crippen LogP contribution in [-0.2, 0) is 20.5 Å². The van der Waals surface area contributed by atoms with E-state index in [0.717, 1.165) is 12.1 Å². The molecule has 2 aliphatic heterocycles. The van der Waals surface area contributed by atoms with Crippen LogP contribution < -0.4 is 4.90 Å². The van der Waals surface area contributed by atoms with Crippen molar-refractivity contribution in [1.29, 1.82) is 0 Å². The van der Waals surface area contributed by atoms with Crippen LogP contribution in [0.25, 0.3) is 0 Å². The summed E-state index contributed by atoms with van der Waals surface area (Å²) >= 11 is 0. The fourth-order valence-corrected chi connectivity index (χ4v) is 5.54. The van der Waals surface area contributed by atoms with Gasteiger partial charge < -0.3 is 4.74 Å². The van der Waals surface area contributed by atoms with Gasteiger partial charge in [-0.2, -0.15) is 13.2 Å². The van der Waals surface area contributed by atoms with E-state index < -0.39 is 58.7 Å². The molecule has 0 bridgehead atoms. The second-order valence-corrected chi connectivity index (χ2v) is 8.95. The largest absolute Gasteiger partial charge is 0.416 e. The van der Waals surface area contributed by atoms with Crippen LogP contribution in [0.1, 0.15) is 37.9 Å². The lowest BCUT2D eigenvalue weighted by Crippen LogP contribution is -2.51. The van der Waals surface area contributed by atoms with E-state index in [9.17, 15) is 32.3 Å². The second-order valence-electron chi connectivity index (χ2n) is 8.95. The molecule has 6 rings (SSSR count). The van der Waals surface area contributed by atoms with Crippen LogP contribution in [0.15, 0.2) is 78.9 Å². The fraction of sp³-hybridized carbons (Fsp3) is 0.185. The van der Waals surface area contributed by atoms with Crippen molar-refractivity contribution in [3.63, 3.8) is 0 Å². The molecule has 0 unspecified atom stereocenters. The Labute approximate surface area is 202 Å². The van der Waals surface area contributed by atoms with Crippen LogP contribution in [0.5, 0.6) is 0 Å². The molecule has 3 aromatic carbocycles. The van der Waals surface area contributed by atoms with Crippen LogP contribution in [0.3, 0.4) is 0 Å². The van der Waals surface area contributed by atoms with Crippen molar-refractivity contribution in [1.82, 2.24) is 0 Å². The Kier molecular flexibility index (Phi) is 4.62. The molecule has 2 saturated heterocycles. The third-order valence-corrected chi connectivity index (χ3v) is 7.08. The summed E-state index contributed by atoms with van der Waals surface area (Å²) in [6, 6.07) is 18.2. The highest BCUT2D eigenvalue weighted by molar-refractivity contribution is 6.37. The summed E-state index contributed by atoms with van der Waals surface area (Å²) in [4.78, 5) is 55.4. The van der Waals surface area contributed by atoms with Gasteiger partial charge in [0.15, 0.2) is 0 Å². The molecule has 0 aromatic heterocycles. The predicted octanol–water partition coefficient (Wildman–Crippen LogP) is 4.40. The molecular formula is C27H16F3NO5. The third-order valence-electron chi connectivity index (χ3n) is 7.08.